The Balaban J connectivity index is 3.14. The van der Waals surface area contributed by atoms with Gasteiger partial charge in [-0.15, -0.1) is 0 Å². The molecule has 1 unspecified atom stereocenters. The van der Waals surface area contributed by atoms with Crippen molar-refractivity contribution in [3.63, 3.8) is 0 Å². The molecule has 0 fully saturated rings. The summed E-state index contributed by atoms with van der Waals surface area (Å²) in [5, 5.41) is 3.54. The summed E-state index contributed by atoms with van der Waals surface area (Å²) in [4.78, 5) is 0. The van der Waals surface area contributed by atoms with Crippen molar-refractivity contribution in [3.05, 3.63) is 0 Å². The predicted molar refractivity (Wildman–Crippen MR) is 67.3 cm³/mol. The van der Waals surface area contributed by atoms with Crippen LogP contribution in [0.4, 0.5) is 0 Å². The zero-order chi connectivity index (χ0) is 11.4. The van der Waals surface area contributed by atoms with E-state index < -0.39 is 0 Å². The minimum absolute atomic E-state index is 0.547. The lowest BCUT2D eigenvalue weighted by atomic mass is 10.1. The van der Waals surface area contributed by atoms with Crippen molar-refractivity contribution in [3.8, 4) is 0 Å². The first kappa shape index (κ1) is 14.9. The van der Waals surface area contributed by atoms with Crippen molar-refractivity contribution in [1.82, 2.24) is 5.32 Å². The highest BCUT2D eigenvalue weighted by atomic mass is 16.5. The Morgan fingerprint density at radius 1 is 1.00 bits per heavy atom. The summed E-state index contributed by atoms with van der Waals surface area (Å²) in [7, 11) is 1.77. The van der Waals surface area contributed by atoms with Crippen molar-refractivity contribution < 1.29 is 4.74 Å². The number of nitrogens with one attached hydrogen (secondary N) is 1. The quantitative estimate of drug-likeness (QED) is 0.534. The molecule has 2 heteroatoms. The Kier molecular flexibility index (Phi) is 11.9. The van der Waals surface area contributed by atoms with Crippen molar-refractivity contribution in [2.45, 2.75) is 64.8 Å². The third kappa shape index (κ3) is 10.2. The maximum absolute atomic E-state index is 5.14. The first-order valence-electron chi connectivity index (χ1n) is 6.57. The molecule has 0 aliphatic rings. The topological polar surface area (TPSA) is 21.3 Å². The Bertz CT molecular complexity index is 117. The van der Waals surface area contributed by atoms with Gasteiger partial charge in [-0.1, -0.05) is 46.0 Å². The molecule has 2 nitrogen and oxygen atoms in total. The summed E-state index contributed by atoms with van der Waals surface area (Å²) in [6.45, 7) is 6.45. The van der Waals surface area contributed by atoms with E-state index in [4.69, 9.17) is 4.74 Å². The van der Waals surface area contributed by atoms with Gasteiger partial charge in [0, 0.05) is 13.2 Å². The van der Waals surface area contributed by atoms with Crippen LogP contribution in [0.15, 0.2) is 0 Å². The van der Waals surface area contributed by atoms with Crippen molar-refractivity contribution in [2.24, 2.45) is 0 Å². The Morgan fingerprint density at radius 2 is 1.67 bits per heavy atom. The zero-order valence-electron chi connectivity index (χ0n) is 10.8. The number of hydrogen-bond acceptors (Lipinski definition) is 2. The molecule has 0 saturated carbocycles. The fraction of sp³-hybridized carbons (Fsp3) is 1.00. The van der Waals surface area contributed by atoms with Gasteiger partial charge in [0.1, 0.15) is 0 Å². The van der Waals surface area contributed by atoms with Crippen LogP contribution in [0.25, 0.3) is 0 Å². The van der Waals surface area contributed by atoms with Gasteiger partial charge in [-0.2, -0.15) is 0 Å². The lowest BCUT2D eigenvalue weighted by molar-refractivity contribution is 0.164. The van der Waals surface area contributed by atoms with Crippen LogP contribution in [-0.2, 0) is 4.74 Å². The van der Waals surface area contributed by atoms with E-state index in [1.807, 2.05) is 0 Å². The number of ether oxygens (including phenoxy) is 1. The lowest BCUT2D eigenvalue weighted by Gasteiger charge is -2.15. The maximum atomic E-state index is 5.14. The summed E-state index contributed by atoms with van der Waals surface area (Å²) in [5.74, 6) is 0. The van der Waals surface area contributed by atoms with Crippen LogP contribution >= 0.6 is 0 Å². The lowest BCUT2D eigenvalue weighted by Crippen LogP contribution is -2.33. The fourth-order valence-electron chi connectivity index (χ4n) is 1.73. The summed E-state index contributed by atoms with van der Waals surface area (Å²) >= 11 is 0. The molecule has 0 amide bonds. The van der Waals surface area contributed by atoms with E-state index in [9.17, 15) is 0 Å². The molecule has 0 bridgehead atoms. The largest absolute Gasteiger partial charge is 0.383 e. The number of methoxy groups -OCH3 is 1. The molecule has 15 heavy (non-hydrogen) atoms. The van der Waals surface area contributed by atoms with Crippen LogP contribution in [0.2, 0.25) is 0 Å². The summed E-state index contributed by atoms with van der Waals surface area (Å²) in [5.41, 5.74) is 0. The normalized spacial score (nSPS) is 13.0. The SMILES string of the molecule is CCCCCCCCNC(CC)COC. The molecular weight excluding hydrogens is 186 g/mol. The summed E-state index contributed by atoms with van der Waals surface area (Å²) in [6.07, 6.45) is 9.38. The van der Waals surface area contributed by atoms with Crippen LogP contribution in [0, 0.1) is 0 Å². The molecule has 0 radical (unpaired) electrons. The van der Waals surface area contributed by atoms with Gasteiger partial charge in [0.15, 0.2) is 0 Å². The number of unbranched alkanes of at least 4 members (excludes halogenated alkanes) is 5. The molecule has 0 saturated heterocycles. The number of rotatable bonds is 11. The highest BCUT2D eigenvalue weighted by molar-refractivity contribution is 4.63. The molecule has 92 valence electrons. The minimum atomic E-state index is 0.547. The van der Waals surface area contributed by atoms with Gasteiger partial charge in [-0.3, -0.25) is 0 Å². The highest BCUT2D eigenvalue weighted by Crippen LogP contribution is 2.04. The summed E-state index contributed by atoms with van der Waals surface area (Å²) < 4.78 is 5.14. The molecular formula is C13H29NO. The predicted octanol–water partition coefficient (Wildman–Crippen LogP) is 3.36. The number of hydrogen-bond donors (Lipinski definition) is 1. The minimum Gasteiger partial charge on any atom is -0.383 e. The Hall–Kier alpha value is -0.0800. The van der Waals surface area contributed by atoms with E-state index in [0.29, 0.717) is 6.04 Å². The third-order valence-corrected chi connectivity index (χ3v) is 2.82. The van der Waals surface area contributed by atoms with Crippen molar-refractivity contribution in [2.75, 3.05) is 20.3 Å². The first-order chi connectivity index (χ1) is 7.35. The smallest absolute Gasteiger partial charge is 0.0615 e. The highest BCUT2D eigenvalue weighted by Gasteiger charge is 2.02. The molecule has 0 aliphatic heterocycles. The fourth-order valence-corrected chi connectivity index (χ4v) is 1.73. The maximum Gasteiger partial charge on any atom is 0.0615 e. The average Bonchev–Trinajstić information content (AvgIpc) is 2.26. The van der Waals surface area contributed by atoms with E-state index in [0.717, 1.165) is 19.6 Å². The van der Waals surface area contributed by atoms with E-state index >= 15 is 0 Å². The second-order valence-electron chi connectivity index (χ2n) is 4.28. The van der Waals surface area contributed by atoms with Crippen LogP contribution < -0.4 is 5.32 Å². The average molecular weight is 215 g/mol. The van der Waals surface area contributed by atoms with Gasteiger partial charge < -0.3 is 10.1 Å². The van der Waals surface area contributed by atoms with Gasteiger partial charge in [-0.05, 0) is 19.4 Å². The molecule has 0 heterocycles. The van der Waals surface area contributed by atoms with Gasteiger partial charge in [0.2, 0.25) is 0 Å². The van der Waals surface area contributed by atoms with E-state index in [1.54, 1.807) is 7.11 Å². The third-order valence-electron chi connectivity index (χ3n) is 2.82. The molecule has 0 aromatic heterocycles. The van der Waals surface area contributed by atoms with Crippen LogP contribution in [0.5, 0.6) is 0 Å². The van der Waals surface area contributed by atoms with E-state index in [-0.39, 0.29) is 0 Å². The monoisotopic (exact) mass is 215 g/mol. The standard InChI is InChI=1S/C13H29NO/c1-4-6-7-8-9-10-11-14-13(5-2)12-15-3/h13-14H,4-12H2,1-3H3. The molecule has 0 aromatic rings. The molecule has 0 rings (SSSR count). The molecule has 0 spiro atoms. The second kappa shape index (κ2) is 12.0. The van der Waals surface area contributed by atoms with Gasteiger partial charge in [-0.25, -0.2) is 0 Å². The van der Waals surface area contributed by atoms with E-state index in [1.165, 1.54) is 38.5 Å². The molecule has 1 N–H and O–H groups in total. The Labute approximate surface area is 95.8 Å². The Morgan fingerprint density at radius 3 is 2.27 bits per heavy atom. The van der Waals surface area contributed by atoms with Crippen LogP contribution in [0.3, 0.4) is 0 Å². The molecule has 0 aliphatic carbocycles. The zero-order valence-corrected chi connectivity index (χ0v) is 10.8. The van der Waals surface area contributed by atoms with Gasteiger partial charge >= 0.3 is 0 Å². The second-order valence-corrected chi connectivity index (χ2v) is 4.28. The van der Waals surface area contributed by atoms with E-state index in [2.05, 4.69) is 19.2 Å². The van der Waals surface area contributed by atoms with Gasteiger partial charge in [0.05, 0.1) is 6.61 Å². The van der Waals surface area contributed by atoms with Gasteiger partial charge in [0.25, 0.3) is 0 Å². The van der Waals surface area contributed by atoms with Crippen LogP contribution in [-0.4, -0.2) is 26.3 Å². The van der Waals surface area contributed by atoms with Crippen LogP contribution in [0.1, 0.15) is 58.8 Å². The first-order valence-corrected chi connectivity index (χ1v) is 6.57. The van der Waals surface area contributed by atoms with Crippen molar-refractivity contribution in [1.29, 1.82) is 0 Å². The molecule has 1 atom stereocenters. The molecule has 0 aromatic carbocycles. The summed E-state index contributed by atoms with van der Waals surface area (Å²) in [6, 6.07) is 0.547. The van der Waals surface area contributed by atoms with Crippen molar-refractivity contribution >= 4 is 0 Å².